The van der Waals surface area contributed by atoms with E-state index in [9.17, 15) is 9.59 Å². The van der Waals surface area contributed by atoms with Crippen molar-refractivity contribution in [2.45, 2.75) is 66.2 Å². The van der Waals surface area contributed by atoms with Crippen LogP contribution >= 0.6 is 0 Å². The molecular formula is C23H28O2. The summed E-state index contributed by atoms with van der Waals surface area (Å²) in [4.78, 5) is 26.3. The Hall–Kier alpha value is -1.70. The van der Waals surface area contributed by atoms with E-state index in [2.05, 4.69) is 53.7 Å². The third-order valence-corrected chi connectivity index (χ3v) is 7.48. The quantitative estimate of drug-likeness (QED) is 0.615. The van der Waals surface area contributed by atoms with Gasteiger partial charge in [-0.3, -0.25) is 9.59 Å². The van der Waals surface area contributed by atoms with E-state index >= 15 is 0 Å². The van der Waals surface area contributed by atoms with E-state index in [1.165, 1.54) is 5.56 Å². The molecular weight excluding hydrogens is 308 g/mol. The van der Waals surface area contributed by atoms with Crippen LogP contribution in [0.15, 0.2) is 17.7 Å². The minimum atomic E-state index is -0.266. The Morgan fingerprint density at radius 1 is 1.00 bits per heavy atom. The van der Waals surface area contributed by atoms with Crippen LogP contribution in [0.4, 0.5) is 0 Å². The molecule has 0 heterocycles. The molecule has 0 aromatic heterocycles. The lowest BCUT2D eigenvalue weighted by Gasteiger charge is -2.35. The molecule has 0 bridgehead atoms. The van der Waals surface area contributed by atoms with Gasteiger partial charge in [-0.05, 0) is 64.2 Å². The summed E-state index contributed by atoms with van der Waals surface area (Å²) in [5, 5.41) is 0. The van der Waals surface area contributed by atoms with Crippen molar-refractivity contribution in [1.29, 1.82) is 0 Å². The maximum absolute atomic E-state index is 13.2. The number of carbonyl (C=O) groups excluding carboxylic acids is 2. The largest absolute Gasteiger partial charge is 0.285 e. The third kappa shape index (κ3) is 1.97. The molecule has 0 N–H and O–H groups in total. The Kier molecular flexibility index (Phi) is 3.30. The molecule has 1 aromatic carbocycles. The first kappa shape index (κ1) is 16.8. The summed E-state index contributed by atoms with van der Waals surface area (Å²) in [5.74, 6) is 0.140. The van der Waals surface area contributed by atoms with E-state index in [1.54, 1.807) is 0 Å². The zero-order valence-electron chi connectivity index (χ0n) is 16.2. The van der Waals surface area contributed by atoms with Crippen LogP contribution < -0.4 is 0 Å². The molecule has 3 aliphatic rings. The minimum absolute atomic E-state index is 0.0778. The Balaban J connectivity index is 2.05. The lowest BCUT2D eigenvalue weighted by Crippen LogP contribution is -2.33. The van der Waals surface area contributed by atoms with Crippen LogP contribution in [0, 0.1) is 17.3 Å². The van der Waals surface area contributed by atoms with Gasteiger partial charge in [0.25, 0.3) is 0 Å². The fourth-order valence-corrected chi connectivity index (χ4v) is 5.57. The van der Waals surface area contributed by atoms with Gasteiger partial charge in [-0.15, -0.1) is 0 Å². The van der Waals surface area contributed by atoms with Crippen molar-refractivity contribution in [3.8, 4) is 0 Å². The first-order valence-electron chi connectivity index (χ1n) is 9.59. The molecule has 4 rings (SSSR count). The van der Waals surface area contributed by atoms with Crippen LogP contribution in [0.1, 0.15) is 81.4 Å². The van der Waals surface area contributed by atoms with Gasteiger partial charge >= 0.3 is 0 Å². The molecule has 3 aliphatic carbocycles. The average Bonchev–Trinajstić information content (AvgIpc) is 2.72. The summed E-state index contributed by atoms with van der Waals surface area (Å²) >= 11 is 0. The van der Waals surface area contributed by atoms with E-state index < -0.39 is 0 Å². The molecule has 0 fully saturated rings. The van der Waals surface area contributed by atoms with E-state index in [-0.39, 0.29) is 22.4 Å². The highest BCUT2D eigenvalue weighted by molar-refractivity contribution is 6.53. The number of Topliss-reactive ketones (excluding diaryl/α,β-unsaturated/α-hetero) is 2. The molecule has 0 aliphatic heterocycles. The van der Waals surface area contributed by atoms with Crippen LogP contribution in [-0.4, -0.2) is 11.6 Å². The highest BCUT2D eigenvalue weighted by Gasteiger charge is 2.51. The van der Waals surface area contributed by atoms with Crippen molar-refractivity contribution in [1.82, 2.24) is 0 Å². The van der Waals surface area contributed by atoms with E-state index in [4.69, 9.17) is 0 Å². The van der Waals surface area contributed by atoms with Gasteiger partial charge in [0.15, 0.2) is 0 Å². The zero-order chi connectivity index (χ0) is 18.3. The molecule has 0 saturated carbocycles. The number of fused-ring (bicyclic) bond motifs is 4. The normalized spacial score (nSPS) is 29.4. The van der Waals surface area contributed by atoms with Crippen LogP contribution in [0.25, 0.3) is 5.57 Å². The smallest absolute Gasteiger partial charge is 0.234 e. The third-order valence-electron chi connectivity index (χ3n) is 7.48. The van der Waals surface area contributed by atoms with Crippen molar-refractivity contribution < 1.29 is 9.59 Å². The minimum Gasteiger partial charge on any atom is -0.285 e. The SMILES string of the molecule is CC1C2=C(C(=O)C(=O)c3c2ccc2c3CCCC2(C)C)C(C)(C)C1C. The van der Waals surface area contributed by atoms with Crippen LogP contribution in [-0.2, 0) is 16.6 Å². The van der Waals surface area contributed by atoms with Crippen molar-refractivity contribution in [3.63, 3.8) is 0 Å². The second kappa shape index (κ2) is 4.93. The molecule has 1 aromatic rings. The molecule has 2 atom stereocenters. The second-order valence-corrected chi connectivity index (χ2v) is 9.50. The number of benzene rings is 1. The van der Waals surface area contributed by atoms with Gasteiger partial charge in [0.1, 0.15) is 0 Å². The van der Waals surface area contributed by atoms with Gasteiger partial charge in [-0.1, -0.05) is 53.7 Å². The van der Waals surface area contributed by atoms with Gasteiger partial charge in [-0.25, -0.2) is 0 Å². The number of ketones is 2. The Bertz CT molecular complexity index is 851. The topological polar surface area (TPSA) is 34.1 Å². The average molecular weight is 336 g/mol. The van der Waals surface area contributed by atoms with Crippen LogP contribution in [0.3, 0.4) is 0 Å². The van der Waals surface area contributed by atoms with Gasteiger partial charge in [0, 0.05) is 11.1 Å². The summed E-state index contributed by atoms with van der Waals surface area (Å²) in [6.45, 7) is 13.2. The van der Waals surface area contributed by atoms with E-state index in [0.29, 0.717) is 11.8 Å². The van der Waals surface area contributed by atoms with Crippen molar-refractivity contribution in [3.05, 3.63) is 40.0 Å². The highest BCUT2D eigenvalue weighted by Crippen LogP contribution is 2.57. The standard InChI is InChI=1S/C23H28O2/c1-12-13(2)23(5,6)19-17(12)15-9-10-16-14(8-7-11-22(16,3)4)18(15)20(24)21(19)25/h9-10,12-13H,7-8,11H2,1-6H3. The van der Waals surface area contributed by atoms with Crippen molar-refractivity contribution in [2.75, 3.05) is 0 Å². The number of allylic oxidation sites excluding steroid dienone is 2. The summed E-state index contributed by atoms with van der Waals surface area (Å²) in [6.07, 6.45) is 3.13. The summed E-state index contributed by atoms with van der Waals surface area (Å²) in [7, 11) is 0. The lowest BCUT2D eigenvalue weighted by atomic mass is 9.67. The maximum Gasteiger partial charge on any atom is 0.234 e. The highest BCUT2D eigenvalue weighted by atomic mass is 16.2. The first-order chi connectivity index (χ1) is 11.6. The van der Waals surface area contributed by atoms with Crippen molar-refractivity contribution in [2.24, 2.45) is 17.3 Å². The Labute approximate surface area is 150 Å². The molecule has 0 radical (unpaired) electrons. The fraction of sp³-hybridized carbons (Fsp3) is 0.565. The molecule has 132 valence electrons. The summed E-state index contributed by atoms with van der Waals surface area (Å²) in [5.41, 5.74) is 5.93. The number of hydrogen-bond acceptors (Lipinski definition) is 2. The van der Waals surface area contributed by atoms with Gasteiger partial charge in [0.05, 0.1) is 0 Å². The van der Waals surface area contributed by atoms with Gasteiger partial charge in [-0.2, -0.15) is 0 Å². The van der Waals surface area contributed by atoms with Crippen LogP contribution in [0.5, 0.6) is 0 Å². The fourth-order valence-electron chi connectivity index (χ4n) is 5.57. The number of hydrogen-bond donors (Lipinski definition) is 0. The molecule has 25 heavy (non-hydrogen) atoms. The molecule has 2 nitrogen and oxygen atoms in total. The lowest BCUT2D eigenvalue weighted by molar-refractivity contribution is -0.112. The monoisotopic (exact) mass is 336 g/mol. The van der Waals surface area contributed by atoms with Gasteiger partial charge in [0.2, 0.25) is 11.6 Å². The maximum atomic E-state index is 13.2. The predicted molar refractivity (Wildman–Crippen MR) is 101 cm³/mol. The molecule has 2 heteroatoms. The van der Waals surface area contributed by atoms with Crippen molar-refractivity contribution >= 4 is 17.1 Å². The van der Waals surface area contributed by atoms with Gasteiger partial charge < -0.3 is 0 Å². The Morgan fingerprint density at radius 2 is 1.68 bits per heavy atom. The zero-order valence-corrected chi connectivity index (χ0v) is 16.2. The molecule has 0 amide bonds. The summed E-state index contributed by atoms with van der Waals surface area (Å²) < 4.78 is 0. The molecule has 0 spiro atoms. The van der Waals surface area contributed by atoms with E-state index in [0.717, 1.165) is 47.1 Å². The molecule has 0 saturated heterocycles. The number of carbonyl (C=O) groups is 2. The first-order valence-corrected chi connectivity index (χ1v) is 9.59. The summed E-state index contributed by atoms with van der Waals surface area (Å²) in [6, 6.07) is 4.36. The predicted octanol–water partition coefficient (Wildman–Crippen LogP) is 5.13. The molecule has 2 unspecified atom stereocenters. The van der Waals surface area contributed by atoms with Crippen LogP contribution in [0.2, 0.25) is 0 Å². The van der Waals surface area contributed by atoms with E-state index in [1.807, 2.05) is 0 Å². The number of rotatable bonds is 0. The second-order valence-electron chi connectivity index (χ2n) is 9.50. The Morgan fingerprint density at radius 3 is 2.36 bits per heavy atom.